The van der Waals surface area contributed by atoms with Crippen LogP contribution in [0.4, 0.5) is 19.3 Å². The Labute approximate surface area is 269 Å². The van der Waals surface area contributed by atoms with Crippen molar-refractivity contribution in [1.29, 1.82) is 0 Å². The number of pyridine rings is 1. The average Bonchev–Trinajstić information content (AvgIpc) is 3.10. The Bertz CT molecular complexity index is 1700. The molecule has 2 amide bonds. The van der Waals surface area contributed by atoms with Crippen molar-refractivity contribution in [3.8, 4) is 0 Å². The zero-order valence-corrected chi connectivity index (χ0v) is 26.2. The average molecular weight is 683 g/mol. The molecular formula is C30H31Cl2F2N5O5S. The van der Waals surface area contributed by atoms with Crippen LogP contribution in [0.2, 0.25) is 10.0 Å². The van der Waals surface area contributed by atoms with Crippen LogP contribution in [-0.4, -0.2) is 71.8 Å². The van der Waals surface area contributed by atoms with E-state index in [-0.39, 0.29) is 51.5 Å². The summed E-state index contributed by atoms with van der Waals surface area (Å²) in [5, 5.41) is 18.0. The summed E-state index contributed by atoms with van der Waals surface area (Å²) in [6.45, 7) is 0.763. The van der Waals surface area contributed by atoms with Crippen LogP contribution in [0.5, 0.6) is 0 Å². The van der Waals surface area contributed by atoms with Crippen LogP contribution in [-0.2, 0) is 21.2 Å². The third-order valence-electron chi connectivity index (χ3n) is 8.15. The lowest BCUT2D eigenvalue weighted by molar-refractivity contribution is -0.118. The molecule has 5 unspecified atom stereocenters. The van der Waals surface area contributed by atoms with Crippen molar-refractivity contribution in [3.63, 3.8) is 0 Å². The number of anilines is 1. The second kappa shape index (κ2) is 14.0. The van der Waals surface area contributed by atoms with E-state index in [1.807, 2.05) is 0 Å². The van der Waals surface area contributed by atoms with Gasteiger partial charge in [-0.15, -0.1) is 0 Å². The third kappa shape index (κ3) is 7.72. The quantitative estimate of drug-likeness (QED) is 0.255. The molecule has 2 aromatic carbocycles. The maximum Gasteiger partial charge on any atom is 0.405 e. The van der Waals surface area contributed by atoms with Gasteiger partial charge in [-0.05, 0) is 67.1 Å². The van der Waals surface area contributed by atoms with E-state index in [1.165, 1.54) is 53.1 Å². The number of hydrogen-bond acceptors (Lipinski definition) is 6. The van der Waals surface area contributed by atoms with Crippen LogP contribution in [0.25, 0.3) is 0 Å². The molecule has 5 atom stereocenters. The van der Waals surface area contributed by atoms with Crippen molar-refractivity contribution in [1.82, 2.24) is 19.9 Å². The molecule has 5 rings (SSSR count). The minimum Gasteiger partial charge on any atom is -0.465 e. The van der Waals surface area contributed by atoms with Crippen LogP contribution in [0.15, 0.2) is 54.9 Å². The molecule has 0 spiro atoms. The van der Waals surface area contributed by atoms with Gasteiger partial charge in [-0.1, -0.05) is 35.3 Å². The topological polar surface area (TPSA) is 141 Å². The number of hydrogen-bond donors (Lipinski definition) is 4. The Balaban J connectivity index is 1.44. The first-order chi connectivity index (χ1) is 21.4. The van der Waals surface area contributed by atoms with E-state index in [9.17, 15) is 27.5 Å². The van der Waals surface area contributed by atoms with Crippen LogP contribution in [0, 0.1) is 11.6 Å². The number of rotatable bonds is 9. The minimum absolute atomic E-state index is 0.0570. The fourth-order valence-electron chi connectivity index (χ4n) is 6.01. The van der Waals surface area contributed by atoms with E-state index in [4.69, 9.17) is 23.2 Å². The molecule has 2 fully saturated rings. The Morgan fingerprint density at radius 2 is 1.91 bits per heavy atom. The number of nitrogens with zero attached hydrogens (tertiary/aromatic N) is 2. The smallest absolute Gasteiger partial charge is 0.405 e. The van der Waals surface area contributed by atoms with Gasteiger partial charge in [0.15, 0.2) is 0 Å². The van der Waals surface area contributed by atoms with Crippen molar-refractivity contribution in [2.75, 3.05) is 24.2 Å². The van der Waals surface area contributed by atoms with Crippen molar-refractivity contribution in [2.45, 2.75) is 49.7 Å². The van der Waals surface area contributed by atoms with E-state index in [0.717, 1.165) is 12.5 Å². The van der Waals surface area contributed by atoms with Gasteiger partial charge < -0.3 is 21.1 Å². The number of fused-ring (bicyclic) bond motifs is 2. The van der Waals surface area contributed by atoms with Gasteiger partial charge in [-0.25, -0.2) is 22.0 Å². The lowest BCUT2D eigenvalue weighted by atomic mass is 9.85. The highest BCUT2D eigenvalue weighted by Crippen LogP contribution is 2.33. The summed E-state index contributed by atoms with van der Waals surface area (Å²) in [5.41, 5.74) is 0.728. The number of piperazine rings is 1. The lowest BCUT2D eigenvalue weighted by Crippen LogP contribution is -2.57. The summed E-state index contributed by atoms with van der Waals surface area (Å²) in [5.74, 6) is -3.33. The molecular weight excluding hydrogens is 651 g/mol. The normalized spacial score (nSPS) is 22.1. The fourth-order valence-corrected chi connectivity index (χ4v) is 8.12. The van der Waals surface area contributed by atoms with Crippen LogP contribution in [0.3, 0.4) is 0 Å². The summed E-state index contributed by atoms with van der Waals surface area (Å²) in [6.07, 6.45) is 2.88. The Morgan fingerprint density at radius 3 is 2.64 bits per heavy atom. The zero-order valence-electron chi connectivity index (χ0n) is 23.9. The molecule has 2 aliphatic heterocycles. The number of aromatic nitrogens is 1. The first-order valence-electron chi connectivity index (χ1n) is 14.3. The fraction of sp³-hybridized carbons (Fsp3) is 0.367. The summed E-state index contributed by atoms with van der Waals surface area (Å²) in [6, 6.07) is 7.50. The molecule has 0 saturated carbocycles. The summed E-state index contributed by atoms with van der Waals surface area (Å²) < 4.78 is 57.2. The predicted octanol–water partition coefficient (Wildman–Crippen LogP) is 4.77. The van der Waals surface area contributed by atoms with Gasteiger partial charge in [-0.2, -0.15) is 4.31 Å². The van der Waals surface area contributed by atoms with E-state index in [0.29, 0.717) is 25.1 Å². The van der Waals surface area contributed by atoms with Crippen molar-refractivity contribution < 1.29 is 31.9 Å². The summed E-state index contributed by atoms with van der Waals surface area (Å²) in [7, 11) is -3.46. The highest BCUT2D eigenvalue weighted by molar-refractivity contribution is 7.89. The van der Waals surface area contributed by atoms with Crippen molar-refractivity contribution in [2.24, 2.45) is 0 Å². The second-order valence-electron chi connectivity index (χ2n) is 11.1. The SMILES string of the molecule is O=C(O)NC(C(=O)Nc1cccc(F)c1CCC1CNC2CCCS(=O)(=O)N1C2)C(c1cncc(Cl)c1)c1ccc(Cl)c(F)c1. The summed E-state index contributed by atoms with van der Waals surface area (Å²) >= 11 is 12.1. The number of carbonyl (C=O) groups is 2. The molecule has 240 valence electrons. The minimum atomic E-state index is -3.46. The molecule has 1 aromatic heterocycles. The summed E-state index contributed by atoms with van der Waals surface area (Å²) in [4.78, 5) is 29.9. The van der Waals surface area contributed by atoms with E-state index >= 15 is 4.39 Å². The number of carboxylic acid groups (broad SMARTS) is 1. The van der Waals surface area contributed by atoms with E-state index < -0.39 is 51.7 Å². The number of sulfonamides is 1. The number of benzene rings is 2. The van der Waals surface area contributed by atoms with Gasteiger partial charge in [0.1, 0.15) is 17.7 Å². The van der Waals surface area contributed by atoms with Gasteiger partial charge in [0.25, 0.3) is 0 Å². The highest BCUT2D eigenvalue weighted by Gasteiger charge is 2.38. The standard InChI is InChI=1S/C30H31Cl2F2N5O5S/c31-19-11-18(13-35-14-19)27(17-6-9-23(32)25(34)12-17)28(38-30(41)42)29(40)37-26-5-1-4-24(33)22(26)8-7-21-15-36-20-3-2-10-45(43,44)39(21)16-20/h1,4-6,9,11-14,20-21,27-28,36,38H,2-3,7-8,10,15-16H2,(H,37,40)(H,41,42). The van der Waals surface area contributed by atoms with E-state index in [2.05, 4.69) is 20.9 Å². The number of amides is 2. The molecule has 0 aliphatic carbocycles. The predicted molar refractivity (Wildman–Crippen MR) is 166 cm³/mol. The molecule has 2 aliphatic rings. The third-order valence-corrected chi connectivity index (χ3v) is 10.6. The van der Waals surface area contributed by atoms with Crippen molar-refractivity contribution >= 4 is 50.9 Å². The lowest BCUT2D eigenvalue weighted by Gasteiger charge is -2.37. The Hall–Kier alpha value is -3.36. The maximum atomic E-state index is 15.3. The molecule has 15 heteroatoms. The van der Waals surface area contributed by atoms with Crippen molar-refractivity contribution in [3.05, 3.63) is 93.2 Å². The molecule has 45 heavy (non-hydrogen) atoms. The highest BCUT2D eigenvalue weighted by atomic mass is 35.5. The first kappa shape index (κ1) is 33.0. The molecule has 10 nitrogen and oxygen atoms in total. The van der Waals surface area contributed by atoms with E-state index in [1.54, 1.807) is 0 Å². The van der Waals surface area contributed by atoms with Gasteiger partial charge in [-0.3, -0.25) is 9.78 Å². The van der Waals surface area contributed by atoms with Crippen LogP contribution >= 0.6 is 23.2 Å². The molecule has 4 N–H and O–H groups in total. The van der Waals surface area contributed by atoms with Gasteiger partial charge in [0.05, 0.1) is 15.8 Å². The Kier molecular flexibility index (Phi) is 10.2. The Morgan fingerprint density at radius 1 is 1.11 bits per heavy atom. The number of halogens is 4. The van der Waals surface area contributed by atoms with Crippen LogP contribution in [0.1, 0.15) is 41.9 Å². The number of carbonyl (C=O) groups excluding carboxylic acids is 1. The monoisotopic (exact) mass is 681 g/mol. The second-order valence-corrected chi connectivity index (χ2v) is 14.0. The molecule has 2 saturated heterocycles. The van der Waals surface area contributed by atoms with Gasteiger partial charge in [0, 0.05) is 54.7 Å². The van der Waals surface area contributed by atoms with Gasteiger partial charge >= 0.3 is 6.09 Å². The molecule has 0 radical (unpaired) electrons. The first-order valence-corrected chi connectivity index (χ1v) is 16.7. The molecule has 3 aromatic rings. The van der Waals surface area contributed by atoms with Crippen LogP contribution < -0.4 is 16.0 Å². The molecule has 3 heterocycles. The largest absolute Gasteiger partial charge is 0.465 e. The zero-order chi connectivity index (χ0) is 32.3. The van der Waals surface area contributed by atoms with Gasteiger partial charge in [0.2, 0.25) is 15.9 Å². The molecule has 2 bridgehead atoms. The number of nitrogens with one attached hydrogen (secondary N) is 3. The maximum absolute atomic E-state index is 15.3.